The zero-order valence-electron chi connectivity index (χ0n) is 17.5. The molecule has 0 unspecified atom stereocenters. The number of carbonyl (C=O) groups is 3. The van der Waals surface area contributed by atoms with Gasteiger partial charge < -0.3 is 19.9 Å². The molecule has 8 heteroatoms. The molecule has 0 spiro atoms. The minimum atomic E-state index is -0.773. The largest absolute Gasteiger partial charge is 0.462 e. The number of rotatable bonds is 6. The lowest BCUT2D eigenvalue weighted by atomic mass is 10.1. The summed E-state index contributed by atoms with van der Waals surface area (Å²) in [5.41, 5.74) is 1.48. The number of nitrogens with one attached hydrogen (secondary N) is 1. The highest BCUT2D eigenvalue weighted by molar-refractivity contribution is 6.39. The molecule has 0 bridgehead atoms. The predicted molar refractivity (Wildman–Crippen MR) is 121 cm³/mol. The maximum Gasteiger partial charge on any atom is 0.340 e. The van der Waals surface area contributed by atoms with E-state index in [9.17, 15) is 14.4 Å². The summed E-state index contributed by atoms with van der Waals surface area (Å²) in [5.74, 6) is -1.92. The third-order valence-corrected chi connectivity index (χ3v) is 5.30. The molecule has 0 aromatic heterocycles. The lowest BCUT2D eigenvalue weighted by Crippen LogP contribution is -2.51. The highest BCUT2D eigenvalue weighted by Crippen LogP contribution is 2.21. The van der Waals surface area contributed by atoms with Crippen molar-refractivity contribution in [2.24, 2.45) is 0 Å². The molecule has 2 amide bonds. The van der Waals surface area contributed by atoms with Crippen LogP contribution >= 0.6 is 11.6 Å². The number of para-hydroxylation sites is 1. The summed E-state index contributed by atoms with van der Waals surface area (Å²) in [5, 5.41) is 3.22. The number of ether oxygens (including phenoxy) is 1. The van der Waals surface area contributed by atoms with Gasteiger partial charge in [-0.2, -0.15) is 0 Å². The van der Waals surface area contributed by atoms with E-state index in [0.29, 0.717) is 37.8 Å². The molecule has 0 atom stereocenters. The molecule has 0 saturated carbocycles. The highest BCUT2D eigenvalue weighted by atomic mass is 35.5. The third kappa shape index (κ3) is 5.98. The summed E-state index contributed by atoms with van der Waals surface area (Å²) in [6.07, 6.45) is 1.67. The van der Waals surface area contributed by atoms with Crippen LogP contribution in [0, 0.1) is 0 Å². The Hall–Kier alpha value is -3.06. The van der Waals surface area contributed by atoms with Crippen LogP contribution in [-0.4, -0.2) is 55.5 Å². The number of halogens is 1. The Kier molecular flexibility index (Phi) is 7.89. The summed E-state index contributed by atoms with van der Waals surface area (Å²) in [7, 11) is 0. The van der Waals surface area contributed by atoms with E-state index >= 15 is 0 Å². The fraction of sp³-hybridized carbons (Fsp3) is 0.348. The predicted octanol–water partition coefficient (Wildman–Crippen LogP) is 3.58. The van der Waals surface area contributed by atoms with E-state index in [1.165, 1.54) is 4.90 Å². The Morgan fingerprint density at radius 1 is 1.03 bits per heavy atom. The highest BCUT2D eigenvalue weighted by Gasteiger charge is 2.27. The first-order valence-corrected chi connectivity index (χ1v) is 10.7. The number of unbranched alkanes of at least 4 members (excludes halogenated alkanes) is 1. The summed E-state index contributed by atoms with van der Waals surface area (Å²) in [4.78, 5) is 41.1. The molecule has 1 N–H and O–H groups in total. The molecule has 1 aliphatic rings. The molecule has 2 aromatic carbocycles. The van der Waals surface area contributed by atoms with Gasteiger partial charge in [0.1, 0.15) is 0 Å². The van der Waals surface area contributed by atoms with E-state index < -0.39 is 17.8 Å². The first-order valence-electron chi connectivity index (χ1n) is 10.4. The first kappa shape index (κ1) is 22.6. The van der Waals surface area contributed by atoms with E-state index in [-0.39, 0.29) is 11.3 Å². The van der Waals surface area contributed by atoms with Crippen molar-refractivity contribution in [1.29, 1.82) is 0 Å². The molecule has 1 heterocycles. The van der Waals surface area contributed by atoms with E-state index in [2.05, 4.69) is 10.2 Å². The maximum atomic E-state index is 12.6. The molecule has 1 saturated heterocycles. The van der Waals surface area contributed by atoms with Crippen molar-refractivity contribution in [3.05, 3.63) is 59.1 Å². The van der Waals surface area contributed by atoms with Gasteiger partial charge >= 0.3 is 17.8 Å². The van der Waals surface area contributed by atoms with Gasteiger partial charge in [-0.05, 0) is 36.8 Å². The molecular formula is C23H26ClN3O4. The topological polar surface area (TPSA) is 78.9 Å². The molecule has 0 aliphatic carbocycles. The van der Waals surface area contributed by atoms with E-state index in [1.54, 1.807) is 24.3 Å². The van der Waals surface area contributed by atoms with Gasteiger partial charge in [0.15, 0.2) is 0 Å². The van der Waals surface area contributed by atoms with Crippen molar-refractivity contribution >= 4 is 40.8 Å². The lowest BCUT2D eigenvalue weighted by Gasteiger charge is -2.35. The average molecular weight is 444 g/mol. The summed E-state index contributed by atoms with van der Waals surface area (Å²) in [6, 6.07) is 14.1. The molecule has 1 aliphatic heterocycles. The normalized spacial score (nSPS) is 13.6. The van der Waals surface area contributed by atoms with Gasteiger partial charge in [0.25, 0.3) is 0 Å². The number of nitrogens with zero attached hydrogens (tertiary/aromatic N) is 2. The number of carbonyl (C=O) groups excluding carboxylic acids is 3. The van der Waals surface area contributed by atoms with E-state index in [1.807, 2.05) is 31.2 Å². The van der Waals surface area contributed by atoms with Gasteiger partial charge in [-0.1, -0.05) is 43.1 Å². The number of hydrogen-bond donors (Lipinski definition) is 1. The Bertz CT molecular complexity index is 942. The van der Waals surface area contributed by atoms with Gasteiger partial charge in [0, 0.05) is 36.9 Å². The maximum absolute atomic E-state index is 12.6. The fourth-order valence-electron chi connectivity index (χ4n) is 3.32. The first-order chi connectivity index (χ1) is 15.0. The van der Waals surface area contributed by atoms with Gasteiger partial charge in [-0.25, -0.2) is 4.79 Å². The third-order valence-electron chi connectivity index (χ3n) is 5.06. The molecule has 3 rings (SSSR count). The molecule has 7 nitrogen and oxygen atoms in total. The Labute approximate surface area is 186 Å². The monoisotopic (exact) mass is 443 g/mol. The number of piperazine rings is 1. The smallest absolute Gasteiger partial charge is 0.340 e. The van der Waals surface area contributed by atoms with Crippen LogP contribution in [0.1, 0.15) is 30.1 Å². The van der Waals surface area contributed by atoms with Crippen LogP contribution in [0.2, 0.25) is 5.02 Å². The number of amides is 2. The second-order valence-corrected chi connectivity index (χ2v) is 7.68. The van der Waals surface area contributed by atoms with Crippen molar-refractivity contribution in [3.8, 4) is 0 Å². The molecule has 0 radical (unpaired) electrons. The van der Waals surface area contributed by atoms with E-state index in [4.69, 9.17) is 16.3 Å². The van der Waals surface area contributed by atoms with E-state index in [0.717, 1.165) is 18.5 Å². The van der Waals surface area contributed by atoms with Crippen molar-refractivity contribution in [2.75, 3.05) is 43.0 Å². The van der Waals surface area contributed by atoms with Crippen LogP contribution in [0.5, 0.6) is 0 Å². The minimum absolute atomic E-state index is 0.227. The second kappa shape index (κ2) is 10.8. The number of benzene rings is 2. The lowest BCUT2D eigenvalue weighted by molar-refractivity contribution is -0.143. The summed E-state index contributed by atoms with van der Waals surface area (Å²) < 4.78 is 5.23. The molecule has 164 valence electrons. The fourth-order valence-corrected chi connectivity index (χ4v) is 3.50. The quantitative estimate of drug-likeness (QED) is 0.419. The van der Waals surface area contributed by atoms with Gasteiger partial charge in [0.05, 0.1) is 17.9 Å². The van der Waals surface area contributed by atoms with Crippen LogP contribution in [-0.2, 0) is 14.3 Å². The molecule has 31 heavy (non-hydrogen) atoms. The van der Waals surface area contributed by atoms with Gasteiger partial charge in [-0.15, -0.1) is 0 Å². The zero-order chi connectivity index (χ0) is 22.2. The molecule has 1 fully saturated rings. The number of esters is 1. The van der Waals surface area contributed by atoms with Crippen LogP contribution in [0.4, 0.5) is 11.4 Å². The van der Waals surface area contributed by atoms with Crippen molar-refractivity contribution in [3.63, 3.8) is 0 Å². The standard InChI is InChI=1S/C23H26ClN3O4/c1-2-3-15-31-23(30)19-9-4-5-10-20(19)25-21(28)22(29)27-13-11-26(12-14-27)18-8-6-7-17(24)16-18/h4-10,16H,2-3,11-15H2,1H3,(H,25,28). The molecular weight excluding hydrogens is 418 g/mol. The Morgan fingerprint density at radius 3 is 2.48 bits per heavy atom. The van der Waals surface area contributed by atoms with Gasteiger partial charge in [0.2, 0.25) is 0 Å². The van der Waals surface area contributed by atoms with Crippen LogP contribution < -0.4 is 10.2 Å². The Morgan fingerprint density at radius 2 is 1.77 bits per heavy atom. The van der Waals surface area contributed by atoms with Crippen molar-refractivity contribution < 1.29 is 19.1 Å². The average Bonchev–Trinajstić information content (AvgIpc) is 2.79. The van der Waals surface area contributed by atoms with Crippen LogP contribution in [0.15, 0.2) is 48.5 Å². The van der Waals surface area contributed by atoms with Crippen molar-refractivity contribution in [2.45, 2.75) is 19.8 Å². The summed E-state index contributed by atoms with van der Waals surface area (Å²) in [6.45, 7) is 4.34. The van der Waals surface area contributed by atoms with Crippen LogP contribution in [0.25, 0.3) is 0 Å². The van der Waals surface area contributed by atoms with Gasteiger partial charge in [-0.3, -0.25) is 9.59 Å². The zero-order valence-corrected chi connectivity index (χ0v) is 18.2. The van der Waals surface area contributed by atoms with Crippen LogP contribution in [0.3, 0.4) is 0 Å². The van der Waals surface area contributed by atoms with Crippen molar-refractivity contribution in [1.82, 2.24) is 4.90 Å². The SMILES string of the molecule is CCCCOC(=O)c1ccccc1NC(=O)C(=O)N1CCN(c2cccc(Cl)c2)CC1. The number of hydrogen-bond acceptors (Lipinski definition) is 5. The minimum Gasteiger partial charge on any atom is -0.462 e. The Balaban J connectivity index is 1.58. The molecule has 2 aromatic rings. The number of anilines is 2. The second-order valence-electron chi connectivity index (χ2n) is 7.25. The summed E-state index contributed by atoms with van der Waals surface area (Å²) >= 11 is 6.06.